The number of aromatic nitrogens is 1. The Morgan fingerprint density at radius 3 is 3.00 bits per heavy atom. The molecule has 4 nitrogen and oxygen atoms in total. The van der Waals surface area contributed by atoms with E-state index in [0.717, 1.165) is 9.35 Å². The molecule has 2 heterocycles. The normalized spacial score (nSPS) is 9.70. The molecule has 2 aromatic heterocycles. The first-order chi connectivity index (χ1) is 9.69. The molecule has 2 rings (SSSR count). The molecule has 0 unspecified atom stereocenters. The van der Waals surface area contributed by atoms with Crippen molar-refractivity contribution in [2.24, 2.45) is 0 Å². The highest BCUT2D eigenvalue weighted by atomic mass is 79.9. The lowest BCUT2D eigenvalue weighted by molar-refractivity contribution is 0.0951. The summed E-state index contributed by atoms with van der Waals surface area (Å²) in [5, 5.41) is 13.4. The molecule has 20 heavy (non-hydrogen) atoms. The van der Waals surface area contributed by atoms with Crippen LogP contribution < -0.4 is 5.32 Å². The zero-order valence-corrected chi connectivity index (χ0v) is 12.8. The van der Waals surface area contributed by atoms with Crippen molar-refractivity contribution in [3.63, 3.8) is 0 Å². The highest BCUT2D eigenvalue weighted by molar-refractivity contribution is 9.10. The SMILES string of the molecule is O=C(NCc1cc(Br)cs1)c1cncc(C#CCO)c1. The molecule has 0 fully saturated rings. The molecule has 0 spiro atoms. The Kier molecular flexibility index (Phi) is 5.30. The first kappa shape index (κ1) is 14.7. The number of rotatable bonds is 3. The monoisotopic (exact) mass is 350 g/mol. The molecule has 0 atom stereocenters. The van der Waals surface area contributed by atoms with Crippen molar-refractivity contribution in [1.29, 1.82) is 0 Å². The summed E-state index contributed by atoms with van der Waals surface area (Å²) in [6, 6.07) is 3.61. The van der Waals surface area contributed by atoms with Crippen LogP contribution in [0.25, 0.3) is 0 Å². The highest BCUT2D eigenvalue weighted by Gasteiger charge is 2.07. The third-order valence-electron chi connectivity index (χ3n) is 2.36. The number of aliphatic hydroxyl groups excluding tert-OH is 1. The largest absolute Gasteiger partial charge is 0.384 e. The van der Waals surface area contributed by atoms with E-state index < -0.39 is 0 Å². The average molecular weight is 351 g/mol. The first-order valence-electron chi connectivity index (χ1n) is 5.75. The maximum Gasteiger partial charge on any atom is 0.253 e. The topological polar surface area (TPSA) is 62.2 Å². The molecular weight excluding hydrogens is 340 g/mol. The highest BCUT2D eigenvalue weighted by Crippen LogP contribution is 2.19. The van der Waals surface area contributed by atoms with Crippen molar-refractivity contribution in [1.82, 2.24) is 10.3 Å². The summed E-state index contributed by atoms with van der Waals surface area (Å²) >= 11 is 4.94. The summed E-state index contributed by atoms with van der Waals surface area (Å²) in [5.74, 6) is 5.04. The predicted octanol–water partition coefficient (Wildman–Crippen LogP) is 2.18. The van der Waals surface area contributed by atoms with Gasteiger partial charge in [-0.25, -0.2) is 0 Å². The Labute approximate surface area is 129 Å². The van der Waals surface area contributed by atoms with Gasteiger partial charge in [-0.3, -0.25) is 9.78 Å². The van der Waals surface area contributed by atoms with Crippen LogP contribution in [-0.4, -0.2) is 22.6 Å². The molecule has 6 heteroatoms. The number of nitrogens with zero attached hydrogens (tertiary/aromatic N) is 1. The van der Waals surface area contributed by atoms with Crippen LogP contribution in [-0.2, 0) is 6.54 Å². The van der Waals surface area contributed by atoms with Crippen LogP contribution in [0.2, 0.25) is 0 Å². The van der Waals surface area contributed by atoms with Gasteiger partial charge in [0.25, 0.3) is 5.91 Å². The van der Waals surface area contributed by atoms with E-state index >= 15 is 0 Å². The molecular formula is C14H11BrN2O2S. The third-order valence-corrected chi connectivity index (χ3v) is 4.05. The van der Waals surface area contributed by atoms with Gasteiger partial charge in [0.15, 0.2) is 0 Å². The van der Waals surface area contributed by atoms with Gasteiger partial charge in [0.1, 0.15) is 6.61 Å². The molecule has 0 saturated carbocycles. The number of nitrogens with one attached hydrogen (secondary N) is 1. The zero-order valence-electron chi connectivity index (χ0n) is 10.4. The van der Waals surface area contributed by atoms with Gasteiger partial charge in [-0.05, 0) is 28.1 Å². The van der Waals surface area contributed by atoms with Gasteiger partial charge < -0.3 is 10.4 Å². The van der Waals surface area contributed by atoms with Gasteiger partial charge >= 0.3 is 0 Å². The molecule has 0 aliphatic heterocycles. The minimum absolute atomic E-state index is 0.199. The van der Waals surface area contributed by atoms with E-state index in [4.69, 9.17) is 5.11 Å². The van der Waals surface area contributed by atoms with Gasteiger partial charge in [-0.2, -0.15) is 0 Å². The summed E-state index contributed by atoms with van der Waals surface area (Å²) in [6.45, 7) is 0.255. The van der Waals surface area contributed by atoms with E-state index in [0.29, 0.717) is 17.7 Å². The number of carbonyl (C=O) groups is 1. The van der Waals surface area contributed by atoms with Crippen LogP contribution in [0.5, 0.6) is 0 Å². The van der Waals surface area contributed by atoms with E-state index in [1.54, 1.807) is 23.6 Å². The summed E-state index contributed by atoms with van der Waals surface area (Å²) < 4.78 is 1.01. The average Bonchev–Trinajstić information content (AvgIpc) is 2.88. The van der Waals surface area contributed by atoms with E-state index in [9.17, 15) is 4.79 Å². The van der Waals surface area contributed by atoms with E-state index in [-0.39, 0.29) is 12.5 Å². The second-order valence-electron chi connectivity index (χ2n) is 3.84. The Balaban J connectivity index is 2.01. The van der Waals surface area contributed by atoms with Crippen LogP contribution >= 0.6 is 27.3 Å². The van der Waals surface area contributed by atoms with Crippen molar-refractivity contribution in [2.45, 2.75) is 6.54 Å². The number of halogens is 1. The summed E-state index contributed by atoms with van der Waals surface area (Å²) in [7, 11) is 0. The molecule has 2 N–H and O–H groups in total. The van der Waals surface area contributed by atoms with Crippen LogP contribution in [0.3, 0.4) is 0 Å². The Hall–Kier alpha value is -1.68. The molecule has 1 amide bonds. The van der Waals surface area contributed by atoms with Crippen molar-refractivity contribution in [3.8, 4) is 11.8 Å². The zero-order chi connectivity index (χ0) is 14.4. The molecule has 0 saturated heterocycles. The van der Waals surface area contributed by atoms with Gasteiger partial charge in [-0.1, -0.05) is 11.8 Å². The van der Waals surface area contributed by atoms with Gasteiger partial charge in [0, 0.05) is 32.7 Å². The number of hydrogen-bond donors (Lipinski definition) is 2. The Morgan fingerprint density at radius 1 is 1.45 bits per heavy atom. The van der Waals surface area contributed by atoms with E-state index in [2.05, 4.69) is 38.1 Å². The molecule has 2 aromatic rings. The fourth-order valence-corrected chi connectivity index (χ4v) is 2.88. The van der Waals surface area contributed by atoms with Crippen LogP contribution in [0.1, 0.15) is 20.8 Å². The van der Waals surface area contributed by atoms with Gasteiger partial charge in [0.2, 0.25) is 0 Å². The van der Waals surface area contributed by atoms with E-state index in [1.165, 1.54) is 6.20 Å². The molecule has 0 aliphatic carbocycles. The Morgan fingerprint density at radius 2 is 2.30 bits per heavy atom. The second kappa shape index (κ2) is 7.20. The number of pyridine rings is 1. The molecule has 0 bridgehead atoms. The number of hydrogen-bond acceptors (Lipinski definition) is 4. The Bertz CT molecular complexity index is 673. The van der Waals surface area contributed by atoms with Crippen molar-refractivity contribution >= 4 is 33.2 Å². The van der Waals surface area contributed by atoms with Crippen molar-refractivity contribution < 1.29 is 9.90 Å². The second-order valence-corrected chi connectivity index (χ2v) is 5.75. The van der Waals surface area contributed by atoms with Crippen LogP contribution in [0.4, 0.5) is 0 Å². The first-order valence-corrected chi connectivity index (χ1v) is 7.42. The minimum atomic E-state index is -0.219. The smallest absolute Gasteiger partial charge is 0.253 e. The van der Waals surface area contributed by atoms with Crippen molar-refractivity contribution in [2.75, 3.05) is 6.61 Å². The summed E-state index contributed by atoms with van der Waals surface area (Å²) in [5.41, 5.74) is 1.05. The van der Waals surface area contributed by atoms with E-state index in [1.807, 2.05) is 11.4 Å². The number of carbonyl (C=O) groups excluding carboxylic acids is 1. The molecule has 0 aliphatic rings. The lowest BCUT2D eigenvalue weighted by Crippen LogP contribution is -2.22. The summed E-state index contributed by atoms with van der Waals surface area (Å²) in [6.07, 6.45) is 3.04. The van der Waals surface area contributed by atoms with Gasteiger partial charge in [-0.15, -0.1) is 11.3 Å². The van der Waals surface area contributed by atoms with Crippen LogP contribution in [0.15, 0.2) is 34.4 Å². The van der Waals surface area contributed by atoms with Gasteiger partial charge in [0.05, 0.1) is 12.1 Å². The number of thiophene rings is 1. The number of aliphatic hydroxyl groups is 1. The minimum Gasteiger partial charge on any atom is -0.384 e. The number of amides is 1. The maximum absolute atomic E-state index is 12.0. The fraction of sp³-hybridized carbons (Fsp3) is 0.143. The lowest BCUT2D eigenvalue weighted by Gasteiger charge is -2.03. The van der Waals surface area contributed by atoms with Crippen LogP contribution in [0, 0.1) is 11.8 Å². The third kappa shape index (κ3) is 4.17. The quantitative estimate of drug-likeness (QED) is 0.834. The summed E-state index contributed by atoms with van der Waals surface area (Å²) in [4.78, 5) is 17.0. The van der Waals surface area contributed by atoms with Crippen molar-refractivity contribution in [3.05, 3.63) is 50.4 Å². The standard InChI is InChI=1S/C14H11BrN2O2S/c15-12-5-13(20-9-12)8-17-14(19)11-4-10(2-1-3-18)6-16-7-11/h4-7,9,18H,3,8H2,(H,17,19). The molecule has 0 aromatic carbocycles. The molecule has 0 radical (unpaired) electrons. The predicted molar refractivity (Wildman–Crippen MR) is 81.4 cm³/mol. The molecule has 102 valence electrons. The lowest BCUT2D eigenvalue weighted by atomic mass is 10.2. The fourth-order valence-electron chi connectivity index (χ4n) is 1.49. The maximum atomic E-state index is 12.0.